The minimum atomic E-state index is -3.67. The molecule has 0 radical (unpaired) electrons. The normalized spacial score (nSPS) is 17.2. The largest absolute Gasteiger partial charge is 0.497 e. The van der Waals surface area contributed by atoms with Gasteiger partial charge in [0, 0.05) is 22.8 Å². The predicted octanol–water partition coefficient (Wildman–Crippen LogP) is 4.45. The molecular formula is C23H26N2O4S3. The Labute approximate surface area is 197 Å². The smallest absolute Gasteiger partial charge is 0.243 e. The Kier molecular flexibility index (Phi) is 7.30. The van der Waals surface area contributed by atoms with E-state index in [0.717, 1.165) is 9.75 Å². The van der Waals surface area contributed by atoms with E-state index in [1.807, 2.05) is 39.9 Å². The summed E-state index contributed by atoms with van der Waals surface area (Å²) in [6.07, 6.45) is 1.36. The molecule has 3 heterocycles. The van der Waals surface area contributed by atoms with Gasteiger partial charge in [0.1, 0.15) is 5.75 Å². The van der Waals surface area contributed by atoms with E-state index in [2.05, 4.69) is 0 Å². The monoisotopic (exact) mass is 490 g/mol. The van der Waals surface area contributed by atoms with Crippen molar-refractivity contribution in [2.75, 3.05) is 20.2 Å². The van der Waals surface area contributed by atoms with Crippen LogP contribution in [-0.2, 0) is 27.9 Å². The highest BCUT2D eigenvalue weighted by Crippen LogP contribution is 2.28. The van der Waals surface area contributed by atoms with Crippen molar-refractivity contribution >= 4 is 38.6 Å². The van der Waals surface area contributed by atoms with Crippen LogP contribution in [0.15, 0.2) is 64.2 Å². The number of methoxy groups -OCH3 is 1. The van der Waals surface area contributed by atoms with E-state index >= 15 is 0 Å². The van der Waals surface area contributed by atoms with E-state index in [0.29, 0.717) is 38.2 Å². The number of hydrogen-bond donors (Lipinski definition) is 0. The first-order chi connectivity index (χ1) is 15.5. The van der Waals surface area contributed by atoms with Crippen molar-refractivity contribution in [3.63, 3.8) is 0 Å². The minimum Gasteiger partial charge on any atom is -0.497 e. The zero-order chi connectivity index (χ0) is 22.6. The molecule has 32 heavy (non-hydrogen) atoms. The van der Waals surface area contributed by atoms with Crippen LogP contribution in [0.4, 0.5) is 0 Å². The van der Waals surface area contributed by atoms with Crippen molar-refractivity contribution in [1.29, 1.82) is 0 Å². The average molecular weight is 491 g/mol. The van der Waals surface area contributed by atoms with Gasteiger partial charge in [-0.25, -0.2) is 8.42 Å². The highest BCUT2D eigenvalue weighted by atomic mass is 32.2. The second kappa shape index (κ2) is 10.2. The lowest BCUT2D eigenvalue weighted by molar-refractivity contribution is -0.137. The number of amides is 1. The van der Waals surface area contributed by atoms with Gasteiger partial charge in [0.05, 0.1) is 31.0 Å². The Balaban J connectivity index is 1.51. The zero-order valence-electron chi connectivity index (χ0n) is 17.8. The quantitative estimate of drug-likeness (QED) is 0.468. The molecule has 0 bridgehead atoms. The highest BCUT2D eigenvalue weighted by molar-refractivity contribution is 7.89. The van der Waals surface area contributed by atoms with Gasteiger partial charge in [0.15, 0.2) is 0 Å². The molecular weight excluding hydrogens is 464 g/mol. The van der Waals surface area contributed by atoms with Crippen LogP contribution in [0.1, 0.15) is 22.6 Å². The van der Waals surface area contributed by atoms with Crippen molar-refractivity contribution < 1.29 is 17.9 Å². The summed E-state index contributed by atoms with van der Waals surface area (Å²) in [4.78, 5) is 17.9. The number of piperidine rings is 1. The molecule has 1 atom stereocenters. The van der Waals surface area contributed by atoms with Crippen LogP contribution in [-0.4, -0.2) is 43.7 Å². The van der Waals surface area contributed by atoms with Crippen LogP contribution in [0.5, 0.6) is 5.75 Å². The van der Waals surface area contributed by atoms with Crippen LogP contribution in [0.25, 0.3) is 0 Å². The standard InChI is InChI=1S/C23H26N2O4S3/c1-29-19-8-10-22(11-9-19)32(27,28)25-12-2-5-18(15-25)23(26)24(16-20-6-3-13-30-20)17-21-7-4-14-31-21/h3-4,6-11,13-14,18H,2,5,12,15-17H2,1H3. The molecule has 1 fully saturated rings. The Hall–Kier alpha value is -2.20. The van der Waals surface area contributed by atoms with Gasteiger partial charge in [-0.05, 0) is 60.0 Å². The van der Waals surface area contributed by atoms with Crippen molar-refractivity contribution in [3.8, 4) is 5.75 Å². The molecule has 0 aliphatic carbocycles. The van der Waals surface area contributed by atoms with Gasteiger partial charge in [0.25, 0.3) is 0 Å². The molecule has 0 N–H and O–H groups in total. The Bertz CT molecular complexity index is 1070. The van der Waals surface area contributed by atoms with Gasteiger partial charge in [-0.15, -0.1) is 22.7 Å². The molecule has 0 saturated carbocycles. The lowest BCUT2D eigenvalue weighted by Gasteiger charge is -2.34. The van der Waals surface area contributed by atoms with Crippen LogP contribution < -0.4 is 4.74 Å². The van der Waals surface area contributed by atoms with Crippen LogP contribution in [0.3, 0.4) is 0 Å². The lowest BCUT2D eigenvalue weighted by Crippen LogP contribution is -2.46. The van der Waals surface area contributed by atoms with Gasteiger partial charge < -0.3 is 9.64 Å². The summed E-state index contributed by atoms with van der Waals surface area (Å²) in [5.41, 5.74) is 0. The molecule has 1 aromatic carbocycles. The first kappa shape index (κ1) is 23.0. The third-order valence-electron chi connectivity index (χ3n) is 5.60. The van der Waals surface area contributed by atoms with E-state index < -0.39 is 10.0 Å². The van der Waals surface area contributed by atoms with Gasteiger partial charge in [-0.2, -0.15) is 4.31 Å². The molecule has 1 aliphatic rings. The Morgan fingerprint density at radius 3 is 2.22 bits per heavy atom. The maximum absolute atomic E-state index is 13.5. The number of nitrogens with zero attached hydrogens (tertiary/aromatic N) is 2. The molecule has 4 rings (SSSR count). The molecule has 1 unspecified atom stereocenters. The molecule has 2 aromatic heterocycles. The maximum Gasteiger partial charge on any atom is 0.243 e. The number of benzene rings is 1. The highest BCUT2D eigenvalue weighted by Gasteiger charge is 2.35. The molecule has 3 aromatic rings. The average Bonchev–Trinajstić information content (AvgIpc) is 3.53. The van der Waals surface area contributed by atoms with Gasteiger partial charge in [0.2, 0.25) is 15.9 Å². The molecule has 6 nitrogen and oxygen atoms in total. The third-order valence-corrected chi connectivity index (χ3v) is 9.20. The summed E-state index contributed by atoms with van der Waals surface area (Å²) in [7, 11) is -2.12. The van der Waals surface area contributed by atoms with Crippen LogP contribution in [0, 0.1) is 5.92 Å². The van der Waals surface area contributed by atoms with Gasteiger partial charge in [-0.3, -0.25) is 4.79 Å². The SMILES string of the molecule is COc1ccc(S(=O)(=O)N2CCCC(C(=O)N(Cc3cccs3)Cc3cccs3)C2)cc1. The summed E-state index contributed by atoms with van der Waals surface area (Å²) in [6.45, 7) is 1.71. The van der Waals surface area contributed by atoms with Crippen molar-refractivity contribution in [2.24, 2.45) is 5.92 Å². The fourth-order valence-electron chi connectivity index (χ4n) is 3.91. The van der Waals surface area contributed by atoms with E-state index in [1.165, 1.54) is 4.31 Å². The molecule has 0 spiro atoms. The topological polar surface area (TPSA) is 66.9 Å². The number of carbonyl (C=O) groups excluding carboxylic acids is 1. The summed E-state index contributed by atoms with van der Waals surface area (Å²) in [6, 6.07) is 14.4. The number of thiophene rings is 2. The predicted molar refractivity (Wildman–Crippen MR) is 127 cm³/mol. The fraction of sp³-hybridized carbons (Fsp3) is 0.348. The summed E-state index contributed by atoms with van der Waals surface area (Å²) >= 11 is 3.25. The molecule has 9 heteroatoms. The first-order valence-corrected chi connectivity index (χ1v) is 13.6. The van der Waals surface area contributed by atoms with Crippen molar-refractivity contribution in [2.45, 2.75) is 30.8 Å². The van der Waals surface area contributed by atoms with Crippen molar-refractivity contribution in [1.82, 2.24) is 9.21 Å². The van der Waals surface area contributed by atoms with E-state index in [1.54, 1.807) is 54.0 Å². The number of hydrogen-bond acceptors (Lipinski definition) is 6. The Morgan fingerprint density at radius 2 is 1.69 bits per heavy atom. The van der Waals surface area contributed by atoms with E-state index in [4.69, 9.17) is 4.74 Å². The summed E-state index contributed by atoms with van der Waals surface area (Å²) < 4.78 is 33.0. The molecule has 1 saturated heterocycles. The molecule has 170 valence electrons. The first-order valence-electron chi connectivity index (χ1n) is 10.4. The maximum atomic E-state index is 13.5. The summed E-state index contributed by atoms with van der Waals surface area (Å²) in [5.74, 6) is 0.270. The van der Waals surface area contributed by atoms with E-state index in [9.17, 15) is 13.2 Å². The number of rotatable bonds is 8. The second-order valence-electron chi connectivity index (χ2n) is 7.73. The molecule has 1 amide bonds. The fourth-order valence-corrected chi connectivity index (χ4v) is 6.87. The van der Waals surface area contributed by atoms with Crippen molar-refractivity contribution in [3.05, 3.63) is 69.0 Å². The number of carbonyl (C=O) groups is 1. The minimum absolute atomic E-state index is 0.0152. The zero-order valence-corrected chi connectivity index (χ0v) is 20.3. The van der Waals surface area contributed by atoms with Crippen LogP contribution >= 0.6 is 22.7 Å². The van der Waals surface area contributed by atoms with E-state index in [-0.39, 0.29) is 23.3 Å². The summed E-state index contributed by atoms with van der Waals surface area (Å²) in [5, 5.41) is 4.01. The Morgan fingerprint density at radius 1 is 1.06 bits per heavy atom. The number of ether oxygens (including phenoxy) is 1. The molecule has 1 aliphatic heterocycles. The van der Waals surface area contributed by atoms with Gasteiger partial charge >= 0.3 is 0 Å². The van der Waals surface area contributed by atoms with Gasteiger partial charge in [-0.1, -0.05) is 12.1 Å². The lowest BCUT2D eigenvalue weighted by atomic mass is 9.98. The third kappa shape index (κ3) is 5.23. The number of sulfonamides is 1. The van der Waals surface area contributed by atoms with Crippen LogP contribution in [0.2, 0.25) is 0 Å². The second-order valence-corrected chi connectivity index (χ2v) is 11.7.